The Balaban J connectivity index is 2.33. The second-order valence-electron chi connectivity index (χ2n) is 4.17. The van der Waals surface area contributed by atoms with Crippen molar-refractivity contribution in [2.75, 3.05) is 6.61 Å². The van der Waals surface area contributed by atoms with Crippen molar-refractivity contribution in [2.45, 2.75) is 19.8 Å². The van der Waals surface area contributed by atoms with Crippen LogP contribution in [0.25, 0.3) is 11.0 Å². The molecule has 0 radical (unpaired) electrons. The van der Waals surface area contributed by atoms with Crippen molar-refractivity contribution in [2.24, 2.45) is 0 Å². The Morgan fingerprint density at radius 2 is 2.30 bits per heavy atom. The van der Waals surface area contributed by atoms with Gasteiger partial charge < -0.3 is 9.94 Å². The van der Waals surface area contributed by atoms with Crippen molar-refractivity contribution in [1.29, 1.82) is 0 Å². The third-order valence-electron chi connectivity index (χ3n) is 2.74. The minimum atomic E-state index is -0.764. The molecule has 1 N–H and O–H groups in total. The first-order chi connectivity index (χ1) is 9.54. The molecule has 1 heterocycles. The van der Waals surface area contributed by atoms with Gasteiger partial charge in [-0.15, -0.1) is 0 Å². The topological polar surface area (TPSA) is 107 Å². The number of hydrogen-bond donors (Lipinski definition) is 1. The first-order valence-corrected chi connectivity index (χ1v) is 6.08. The molecule has 2 rings (SSSR count). The highest BCUT2D eigenvalue weighted by Crippen LogP contribution is 2.21. The summed E-state index contributed by atoms with van der Waals surface area (Å²) in [5, 5.41) is 20.5. The van der Waals surface area contributed by atoms with E-state index < -0.39 is 10.9 Å². The first-order valence-electron chi connectivity index (χ1n) is 6.08. The molecule has 0 aliphatic rings. The van der Waals surface area contributed by atoms with E-state index in [4.69, 9.17) is 4.74 Å². The molecule has 0 fully saturated rings. The number of hydrogen-bond acceptors (Lipinski definition) is 6. The van der Waals surface area contributed by atoms with Crippen LogP contribution in [0.15, 0.2) is 18.2 Å². The van der Waals surface area contributed by atoms with Gasteiger partial charge in [0.2, 0.25) is 0 Å². The highest BCUT2D eigenvalue weighted by molar-refractivity contribution is 5.91. The maximum Gasteiger partial charge on any atom is 0.377 e. The van der Waals surface area contributed by atoms with E-state index >= 15 is 0 Å². The summed E-state index contributed by atoms with van der Waals surface area (Å²) in [6.07, 6.45) is 1.58. The van der Waals surface area contributed by atoms with E-state index in [1.54, 1.807) is 0 Å². The third kappa shape index (κ3) is 2.53. The zero-order valence-electron chi connectivity index (χ0n) is 10.8. The fraction of sp³-hybridized carbons (Fsp3) is 0.333. The van der Waals surface area contributed by atoms with Gasteiger partial charge in [-0.1, -0.05) is 13.3 Å². The average molecular weight is 279 g/mol. The minimum absolute atomic E-state index is 0.0849. The number of nitro benzene ring substituents is 1. The highest BCUT2D eigenvalue weighted by Gasteiger charge is 2.20. The summed E-state index contributed by atoms with van der Waals surface area (Å²) in [7, 11) is 0. The quantitative estimate of drug-likeness (QED) is 0.295. The number of carbonyl (C=O) groups is 1. The number of aromatic nitrogens is 2. The number of nitrogens with zero attached hydrogens (tertiary/aromatic N) is 3. The Labute approximate surface area is 113 Å². The lowest BCUT2D eigenvalue weighted by atomic mass is 10.3. The van der Waals surface area contributed by atoms with Crippen molar-refractivity contribution in [3.05, 3.63) is 34.1 Å². The Kier molecular flexibility index (Phi) is 3.83. The zero-order chi connectivity index (χ0) is 14.7. The molecule has 0 spiro atoms. The molecule has 1 aromatic heterocycles. The van der Waals surface area contributed by atoms with E-state index in [2.05, 4.69) is 4.98 Å². The summed E-state index contributed by atoms with van der Waals surface area (Å²) in [5.74, 6) is -1.06. The molecule has 106 valence electrons. The predicted octanol–water partition coefficient (Wildman–Crippen LogP) is 2.14. The molecule has 1 aromatic carbocycles. The largest absolute Gasteiger partial charge is 0.460 e. The normalized spacial score (nSPS) is 10.7. The zero-order valence-corrected chi connectivity index (χ0v) is 10.8. The number of nitro groups is 1. The van der Waals surface area contributed by atoms with Crippen LogP contribution in [-0.4, -0.2) is 32.4 Å². The van der Waals surface area contributed by atoms with Crippen LogP contribution in [0.4, 0.5) is 5.69 Å². The standard InChI is InChI=1S/C12H13N3O5/c1-2-3-6-20-12(16)11-13-9-5-4-8(15(18)19)7-10(9)14(11)17/h4-5,7,17H,2-3,6H2,1H3. The van der Waals surface area contributed by atoms with Gasteiger partial charge in [0.25, 0.3) is 11.5 Å². The number of carbonyl (C=O) groups excluding carboxylic acids is 1. The van der Waals surface area contributed by atoms with Crippen LogP contribution in [0.1, 0.15) is 30.4 Å². The van der Waals surface area contributed by atoms with Gasteiger partial charge in [-0.25, -0.2) is 9.78 Å². The summed E-state index contributed by atoms with van der Waals surface area (Å²) in [6, 6.07) is 3.76. The molecular weight excluding hydrogens is 266 g/mol. The molecule has 0 saturated heterocycles. The summed E-state index contributed by atoms with van der Waals surface area (Å²) >= 11 is 0. The van der Waals surface area contributed by atoms with Crippen molar-refractivity contribution in [1.82, 2.24) is 9.71 Å². The van der Waals surface area contributed by atoms with Crippen LogP contribution < -0.4 is 0 Å². The lowest BCUT2D eigenvalue weighted by molar-refractivity contribution is -0.384. The fourth-order valence-electron chi connectivity index (χ4n) is 1.67. The fourth-order valence-corrected chi connectivity index (χ4v) is 1.67. The SMILES string of the molecule is CCCCOC(=O)c1nc2ccc([N+](=O)[O-])cc2n1O. The van der Waals surface area contributed by atoms with Gasteiger partial charge in [0.05, 0.1) is 17.0 Å². The Morgan fingerprint density at radius 3 is 2.95 bits per heavy atom. The number of ether oxygens (including phenoxy) is 1. The van der Waals surface area contributed by atoms with Crippen LogP contribution >= 0.6 is 0 Å². The Morgan fingerprint density at radius 1 is 1.55 bits per heavy atom. The van der Waals surface area contributed by atoms with Gasteiger partial charge in [0.1, 0.15) is 5.52 Å². The molecule has 0 aliphatic carbocycles. The number of unbranched alkanes of at least 4 members (excludes halogenated alkanes) is 1. The second-order valence-corrected chi connectivity index (χ2v) is 4.17. The van der Waals surface area contributed by atoms with Crippen molar-refractivity contribution < 1.29 is 19.7 Å². The molecule has 0 bridgehead atoms. The molecule has 0 unspecified atom stereocenters. The van der Waals surface area contributed by atoms with Gasteiger partial charge in [-0.2, -0.15) is 4.73 Å². The maximum absolute atomic E-state index is 11.7. The van der Waals surface area contributed by atoms with Gasteiger partial charge >= 0.3 is 5.97 Å². The third-order valence-corrected chi connectivity index (χ3v) is 2.74. The number of benzene rings is 1. The molecule has 8 heteroatoms. The molecule has 0 aliphatic heterocycles. The van der Waals surface area contributed by atoms with Crippen LogP contribution in [-0.2, 0) is 4.74 Å². The van der Waals surface area contributed by atoms with E-state index in [1.165, 1.54) is 12.1 Å². The monoisotopic (exact) mass is 279 g/mol. The Bertz CT molecular complexity index is 664. The number of fused-ring (bicyclic) bond motifs is 1. The molecule has 8 nitrogen and oxygen atoms in total. The van der Waals surface area contributed by atoms with E-state index in [0.29, 0.717) is 11.2 Å². The highest BCUT2D eigenvalue weighted by atomic mass is 16.6. The van der Waals surface area contributed by atoms with E-state index in [-0.39, 0.29) is 29.2 Å². The van der Waals surface area contributed by atoms with Crippen molar-refractivity contribution >= 4 is 22.7 Å². The molecule has 0 atom stereocenters. The lowest BCUT2D eigenvalue weighted by Gasteiger charge is -2.02. The van der Waals surface area contributed by atoms with E-state index in [0.717, 1.165) is 12.5 Å². The van der Waals surface area contributed by atoms with Crippen molar-refractivity contribution in [3.63, 3.8) is 0 Å². The van der Waals surface area contributed by atoms with E-state index in [9.17, 15) is 20.1 Å². The summed E-state index contributed by atoms with van der Waals surface area (Å²) in [6.45, 7) is 2.19. The Hall–Kier alpha value is -2.64. The van der Waals surface area contributed by atoms with Gasteiger partial charge in [-0.05, 0) is 12.5 Å². The summed E-state index contributed by atoms with van der Waals surface area (Å²) < 4.78 is 5.45. The maximum atomic E-state index is 11.7. The lowest BCUT2D eigenvalue weighted by Crippen LogP contribution is -2.12. The molecular formula is C12H13N3O5. The van der Waals surface area contributed by atoms with Crippen LogP contribution in [0, 0.1) is 10.1 Å². The average Bonchev–Trinajstić information content (AvgIpc) is 2.76. The second kappa shape index (κ2) is 5.55. The molecule has 20 heavy (non-hydrogen) atoms. The summed E-state index contributed by atoms with van der Waals surface area (Å²) in [4.78, 5) is 25.7. The first kappa shape index (κ1) is 13.8. The van der Waals surface area contributed by atoms with Crippen LogP contribution in [0.3, 0.4) is 0 Å². The number of imidazole rings is 1. The number of esters is 1. The molecule has 0 amide bonds. The molecule has 2 aromatic rings. The van der Waals surface area contributed by atoms with Crippen LogP contribution in [0.5, 0.6) is 0 Å². The summed E-state index contributed by atoms with van der Waals surface area (Å²) in [5.41, 5.74) is 0.167. The molecule has 0 saturated carbocycles. The predicted molar refractivity (Wildman–Crippen MR) is 68.8 cm³/mol. The number of rotatable bonds is 5. The van der Waals surface area contributed by atoms with Gasteiger partial charge in [0.15, 0.2) is 0 Å². The van der Waals surface area contributed by atoms with Gasteiger partial charge in [0, 0.05) is 12.1 Å². The van der Waals surface area contributed by atoms with Crippen molar-refractivity contribution in [3.8, 4) is 0 Å². The number of non-ortho nitro benzene ring substituents is 1. The van der Waals surface area contributed by atoms with Gasteiger partial charge in [-0.3, -0.25) is 10.1 Å². The minimum Gasteiger partial charge on any atom is -0.460 e. The smallest absolute Gasteiger partial charge is 0.377 e. The van der Waals surface area contributed by atoms with E-state index in [1.807, 2.05) is 6.92 Å². The van der Waals surface area contributed by atoms with Crippen LogP contribution in [0.2, 0.25) is 0 Å².